The molecule has 6 rings (SSSR count). The van der Waals surface area contributed by atoms with Crippen LogP contribution < -0.4 is 30.0 Å². The number of rotatable bonds is 14. The Bertz CT molecular complexity index is 1820. The van der Waals surface area contributed by atoms with Crippen molar-refractivity contribution in [3.63, 3.8) is 0 Å². The molecule has 1 amide bonds. The van der Waals surface area contributed by atoms with Crippen molar-refractivity contribution in [3.05, 3.63) is 70.2 Å². The summed E-state index contributed by atoms with van der Waals surface area (Å²) < 4.78 is 101. The van der Waals surface area contributed by atoms with Gasteiger partial charge in [0.1, 0.15) is 30.4 Å². The zero-order chi connectivity index (χ0) is 37.4. The van der Waals surface area contributed by atoms with Crippen LogP contribution >= 0.6 is 22.7 Å². The summed E-state index contributed by atoms with van der Waals surface area (Å²) in [6.45, 7) is -6.27. The third-order valence-electron chi connectivity index (χ3n) is 7.60. The number of halogens is 6. The SMILES string of the molecule is Nc1nc(COC(=O)C2CC(Oc3cc(F)ccc3OC(F)F)C2)cs1.O=C(Nc1nc(CO)cs1)C1CC(Oc2cc(F)ccc2OC(F)F)C1. The molecule has 0 spiro atoms. The number of aliphatic hydroxyl groups excluding tert-OH is 1. The molecule has 2 aromatic heterocycles. The van der Waals surface area contributed by atoms with Crippen LogP contribution in [-0.4, -0.2) is 52.4 Å². The van der Waals surface area contributed by atoms with Crippen molar-refractivity contribution in [2.45, 2.75) is 64.3 Å². The highest BCUT2D eigenvalue weighted by atomic mass is 32.1. The predicted octanol–water partition coefficient (Wildman–Crippen LogP) is 6.54. The van der Waals surface area contributed by atoms with Crippen LogP contribution in [0.4, 0.5) is 36.6 Å². The van der Waals surface area contributed by atoms with Crippen LogP contribution in [0.2, 0.25) is 0 Å². The number of anilines is 2. The summed E-state index contributed by atoms with van der Waals surface area (Å²) in [4.78, 5) is 32.1. The van der Waals surface area contributed by atoms with E-state index in [1.807, 2.05) is 0 Å². The number of hydrogen-bond acceptors (Lipinski definition) is 13. The van der Waals surface area contributed by atoms with Gasteiger partial charge in [0, 0.05) is 28.8 Å². The summed E-state index contributed by atoms with van der Waals surface area (Å²) in [6.07, 6.45) is 0.565. The van der Waals surface area contributed by atoms with Crippen molar-refractivity contribution < 1.29 is 64.7 Å². The molecule has 0 aliphatic heterocycles. The molecule has 20 heteroatoms. The van der Waals surface area contributed by atoms with E-state index in [0.29, 0.717) is 47.3 Å². The fourth-order valence-electron chi connectivity index (χ4n) is 4.92. The fraction of sp³-hybridized carbons (Fsp3) is 0.375. The summed E-state index contributed by atoms with van der Waals surface area (Å²) in [5.41, 5.74) is 6.53. The van der Waals surface area contributed by atoms with Gasteiger partial charge >= 0.3 is 19.2 Å². The van der Waals surface area contributed by atoms with Crippen LogP contribution in [0, 0.1) is 23.5 Å². The summed E-state index contributed by atoms with van der Waals surface area (Å²) in [7, 11) is 0. The highest BCUT2D eigenvalue weighted by Gasteiger charge is 2.38. The Labute approximate surface area is 299 Å². The second kappa shape index (κ2) is 17.6. The molecule has 0 atom stereocenters. The third-order valence-corrected chi connectivity index (χ3v) is 9.13. The van der Waals surface area contributed by atoms with Crippen LogP contribution in [0.5, 0.6) is 23.0 Å². The Balaban J connectivity index is 0.000000201. The first-order chi connectivity index (χ1) is 24.8. The number of carbonyl (C=O) groups is 2. The summed E-state index contributed by atoms with van der Waals surface area (Å²) in [5.74, 6) is -3.38. The lowest BCUT2D eigenvalue weighted by atomic mass is 9.81. The number of carbonyl (C=O) groups excluding carboxylic acids is 2. The Hall–Kier alpha value is -4.82. The topological polar surface area (TPSA) is 164 Å². The molecule has 2 aliphatic carbocycles. The van der Waals surface area contributed by atoms with Gasteiger partial charge in [-0.3, -0.25) is 9.59 Å². The number of ether oxygens (including phenoxy) is 5. The highest BCUT2D eigenvalue weighted by Crippen LogP contribution is 2.38. The lowest BCUT2D eigenvalue weighted by Crippen LogP contribution is -2.40. The van der Waals surface area contributed by atoms with Gasteiger partial charge in [0.25, 0.3) is 0 Å². The second-order valence-corrected chi connectivity index (χ2v) is 13.1. The number of nitrogens with one attached hydrogen (secondary N) is 1. The lowest BCUT2D eigenvalue weighted by molar-refractivity contribution is -0.156. The van der Waals surface area contributed by atoms with Gasteiger partial charge in [-0.25, -0.2) is 18.7 Å². The number of alkyl halides is 4. The monoisotopic (exact) mass is 776 g/mol. The van der Waals surface area contributed by atoms with Crippen LogP contribution in [0.1, 0.15) is 37.1 Å². The minimum absolute atomic E-state index is 0.0326. The molecule has 280 valence electrons. The standard InChI is InChI=1S/2C16H15F3N2O4S/c17-9-1-2-12(25-15(18)19)13(5-9)24-11-3-8(4-11)14(22)23-6-10-7-26-16(20)21-10;17-9-1-2-12(25-15(18)19)13(5-9)24-11-3-8(4-11)14(23)21-16-20-10(6-22)7-26-16/h1-2,5,7-8,11,15H,3-4,6H2,(H2,20,21);1-2,5,7-8,11,15,22H,3-4,6H2,(H,20,21,23). The van der Waals surface area contributed by atoms with Crippen LogP contribution in [0.15, 0.2) is 47.2 Å². The average molecular weight is 777 g/mol. The number of amides is 1. The minimum Gasteiger partial charge on any atom is -0.486 e. The molecule has 0 radical (unpaired) electrons. The quantitative estimate of drug-likeness (QED) is 0.0942. The number of esters is 1. The van der Waals surface area contributed by atoms with Crippen molar-refractivity contribution >= 4 is 44.8 Å². The largest absolute Gasteiger partial charge is 0.486 e. The molecule has 2 saturated carbocycles. The molecule has 52 heavy (non-hydrogen) atoms. The smallest absolute Gasteiger partial charge is 0.387 e. The van der Waals surface area contributed by atoms with Crippen LogP contribution in [0.3, 0.4) is 0 Å². The van der Waals surface area contributed by atoms with Gasteiger partial charge in [-0.05, 0) is 49.9 Å². The van der Waals surface area contributed by atoms with Gasteiger partial charge < -0.3 is 39.8 Å². The first-order valence-corrected chi connectivity index (χ1v) is 17.2. The molecule has 4 aromatic rings. The Morgan fingerprint density at radius 3 is 1.83 bits per heavy atom. The molecular formula is C32H30F6N4O8S2. The highest BCUT2D eigenvalue weighted by molar-refractivity contribution is 7.14. The van der Waals surface area contributed by atoms with Gasteiger partial charge in [-0.1, -0.05) is 0 Å². The van der Waals surface area contributed by atoms with E-state index in [4.69, 9.17) is 25.1 Å². The van der Waals surface area contributed by atoms with Crippen molar-refractivity contribution in [1.29, 1.82) is 0 Å². The summed E-state index contributed by atoms with van der Waals surface area (Å²) in [5, 5.41) is 15.7. The van der Waals surface area contributed by atoms with Gasteiger partial charge in [0.2, 0.25) is 5.91 Å². The Kier molecular flexibility index (Phi) is 13.0. The molecule has 12 nitrogen and oxygen atoms in total. The average Bonchev–Trinajstić information content (AvgIpc) is 3.69. The Morgan fingerprint density at radius 2 is 1.35 bits per heavy atom. The molecule has 2 heterocycles. The molecule has 2 fully saturated rings. The van der Waals surface area contributed by atoms with Crippen molar-refractivity contribution in [2.75, 3.05) is 11.1 Å². The van der Waals surface area contributed by atoms with E-state index in [9.17, 15) is 35.9 Å². The first-order valence-electron chi connectivity index (χ1n) is 15.4. The normalized spacial score (nSPS) is 19.1. The third kappa shape index (κ3) is 10.8. The molecule has 2 aromatic carbocycles. The van der Waals surface area contributed by atoms with Gasteiger partial charge in [-0.15, -0.1) is 22.7 Å². The number of aromatic nitrogens is 2. The number of nitrogen functional groups attached to an aromatic ring is 1. The zero-order valence-electron chi connectivity index (χ0n) is 26.7. The molecule has 4 N–H and O–H groups in total. The second-order valence-electron chi connectivity index (χ2n) is 11.3. The molecule has 2 aliphatic rings. The number of aliphatic hydroxyl groups is 1. The van der Waals surface area contributed by atoms with E-state index in [-0.39, 0.29) is 54.0 Å². The number of nitrogens with two attached hydrogens (primary N) is 1. The maximum absolute atomic E-state index is 13.3. The molecule has 0 unspecified atom stereocenters. The van der Waals surface area contributed by atoms with Crippen molar-refractivity contribution in [2.24, 2.45) is 11.8 Å². The number of nitrogens with zero attached hydrogens (tertiary/aromatic N) is 2. The van der Waals surface area contributed by atoms with E-state index in [1.165, 1.54) is 22.7 Å². The van der Waals surface area contributed by atoms with Gasteiger partial charge in [0.05, 0.1) is 23.9 Å². The van der Waals surface area contributed by atoms with Gasteiger partial charge in [0.15, 0.2) is 33.3 Å². The van der Waals surface area contributed by atoms with Crippen LogP contribution in [0.25, 0.3) is 0 Å². The maximum Gasteiger partial charge on any atom is 0.387 e. The van der Waals surface area contributed by atoms with E-state index < -0.39 is 43.0 Å². The van der Waals surface area contributed by atoms with Crippen LogP contribution in [-0.2, 0) is 27.5 Å². The Morgan fingerprint density at radius 1 is 0.808 bits per heavy atom. The van der Waals surface area contributed by atoms with Crippen molar-refractivity contribution in [1.82, 2.24) is 9.97 Å². The van der Waals surface area contributed by atoms with E-state index in [1.54, 1.807) is 10.8 Å². The van der Waals surface area contributed by atoms with Gasteiger partial charge in [-0.2, -0.15) is 17.6 Å². The zero-order valence-corrected chi connectivity index (χ0v) is 28.3. The fourth-order valence-corrected chi connectivity index (χ4v) is 6.17. The molecule has 0 saturated heterocycles. The summed E-state index contributed by atoms with van der Waals surface area (Å²) in [6, 6.07) is 6.07. The molecule has 0 bridgehead atoms. The minimum atomic E-state index is -3.05. The number of benzene rings is 2. The lowest BCUT2D eigenvalue weighted by Gasteiger charge is -2.34. The number of thiazole rings is 2. The predicted molar refractivity (Wildman–Crippen MR) is 173 cm³/mol. The summed E-state index contributed by atoms with van der Waals surface area (Å²) >= 11 is 2.46. The van der Waals surface area contributed by atoms with E-state index in [0.717, 1.165) is 36.4 Å². The van der Waals surface area contributed by atoms with E-state index >= 15 is 0 Å². The first kappa shape index (κ1) is 38.4. The number of hydrogen-bond donors (Lipinski definition) is 3. The van der Waals surface area contributed by atoms with E-state index in [2.05, 4.69) is 24.8 Å². The van der Waals surface area contributed by atoms with Crippen molar-refractivity contribution in [3.8, 4) is 23.0 Å². The maximum atomic E-state index is 13.3. The molecular weight excluding hydrogens is 746 g/mol.